The molecule has 4 heteroatoms. The van der Waals surface area contributed by atoms with Gasteiger partial charge in [-0.25, -0.2) is 0 Å². The van der Waals surface area contributed by atoms with Gasteiger partial charge in [-0.15, -0.1) is 0 Å². The molecule has 0 aromatic heterocycles. The Labute approximate surface area is 124 Å². The molecule has 0 spiro atoms. The Morgan fingerprint density at radius 3 is 2.15 bits per heavy atom. The SMILES string of the molecule is CC(C)CNC(=O)C1(CN(C)C)CCN(C(C)C)CC1. The van der Waals surface area contributed by atoms with Crippen molar-refractivity contribution in [1.29, 1.82) is 0 Å². The fourth-order valence-electron chi connectivity index (χ4n) is 3.02. The normalized spacial score (nSPS) is 19.9. The maximum Gasteiger partial charge on any atom is 0.227 e. The first-order valence-corrected chi connectivity index (χ1v) is 7.94. The molecule has 1 aliphatic heterocycles. The lowest BCUT2D eigenvalue weighted by molar-refractivity contribution is -0.135. The molecule has 0 aromatic carbocycles. The Balaban J connectivity index is 2.71. The van der Waals surface area contributed by atoms with E-state index >= 15 is 0 Å². The predicted octanol–water partition coefficient (Wildman–Crippen LogP) is 1.81. The van der Waals surface area contributed by atoms with Crippen molar-refractivity contribution in [1.82, 2.24) is 15.1 Å². The van der Waals surface area contributed by atoms with Crippen LogP contribution in [0.15, 0.2) is 0 Å². The fourth-order valence-corrected chi connectivity index (χ4v) is 3.02. The number of nitrogens with one attached hydrogen (secondary N) is 1. The Bertz CT molecular complexity index is 305. The minimum absolute atomic E-state index is 0.205. The van der Waals surface area contributed by atoms with Crippen molar-refractivity contribution in [2.75, 3.05) is 40.3 Å². The Morgan fingerprint density at radius 2 is 1.75 bits per heavy atom. The highest BCUT2D eigenvalue weighted by atomic mass is 16.2. The molecular formula is C16H33N3O. The summed E-state index contributed by atoms with van der Waals surface area (Å²) in [6.45, 7) is 12.4. The summed E-state index contributed by atoms with van der Waals surface area (Å²) < 4.78 is 0. The number of carbonyl (C=O) groups is 1. The molecule has 0 atom stereocenters. The Morgan fingerprint density at radius 1 is 1.20 bits per heavy atom. The van der Waals surface area contributed by atoms with Gasteiger partial charge in [-0.05, 0) is 59.8 Å². The summed E-state index contributed by atoms with van der Waals surface area (Å²) in [5, 5.41) is 3.16. The van der Waals surface area contributed by atoms with E-state index < -0.39 is 0 Å². The van der Waals surface area contributed by atoms with Crippen LogP contribution in [0.25, 0.3) is 0 Å². The highest BCUT2D eigenvalue weighted by Crippen LogP contribution is 2.33. The molecule has 118 valence electrons. The largest absolute Gasteiger partial charge is 0.355 e. The zero-order valence-electron chi connectivity index (χ0n) is 14.2. The van der Waals surface area contributed by atoms with E-state index in [1.165, 1.54) is 0 Å². The molecule has 0 aromatic rings. The zero-order chi connectivity index (χ0) is 15.3. The van der Waals surface area contributed by atoms with Gasteiger partial charge < -0.3 is 15.1 Å². The number of carbonyl (C=O) groups excluding carboxylic acids is 1. The Hall–Kier alpha value is -0.610. The summed E-state index contributed by atoms with van der Waals surface area (Å²) >= 11 is 0. The number of hydrogen-bond acceptors (Lipinski definition) is 3. The van der Waals surface area contributed by atoms with Crippen molar-refractivity contribution in [3.63, 3.8) is 0 Å². The number of amides is 1. The second-order valence-corrected chi connectivity index (χ2v) is 7.25. The summed E-state index contributed by atoms with van der Waals surface area (Å²) in [7, 11) is 4.12. The van der Waals surface area contributed by atoms with Gasteiger partial charge in [0.15, 0.2) is 0 Å². The van der Waals surface area contributed by atoms with Crippen LogP contribution in [0.1, 0.15) is 40.5 Å². The van der Waals surface area contributed by atoms with Gasteiger partial charge in [0.2, 0.25) is 5.91 Å². The number of hydrogen-bond donors (Lipinski definition) is 1. The maximum atomic E-state index is 12.7. The fraction of sp³-hybridized carbons (Fsp3) is 0.938. The standard InChI is InChI=1S/C16H33N3O/c1-13(2)11-17-15(20)16(12-18(5)6)7-9-19(10-8-16)14(3)4/h13-14H,7-12H2,1-6H3,(H,17,20). The molecule has 0 aliphatic carbocycles. The van der Waals surface area contributed by atoms with Crippen LogP contribution in [-0.2, 0) is 4.79 Å². The second-order valence-electron chi connectivity index (χ2n) is 7.25. The van der Waals surface area contributed by atoms with Crippen LogP contribution in [0.3, 0.4) is 0 Å². The lowest BCUT2D eigenvalue weighted by Gasteiger charge is -2.43. The van der Waals surface area contributed by atoms with E-state index in [1.807, 2.05) is 0 Å². The third-order valence-electron chi connectivity index (χ3n) is 4.26. The van der Waals surface area contributed by atoms with Crippen LogP contribution in [0.2, 0.25) is 0 Å². The molecule has 1 aliphatic rings. The van der Waals surface area contributed by atoms with Crippen LogP contribution < -0.4 is 5.32 Å². The lowest BCUT2D eigenvalue weighted by atomic mass is 9.76. The number of rotatable bonds is 6. The van der Waals surface area contributed by atoms with E-state index in [4.69, 9.17) is 0 Å². The van der Waals surface area contributed by atoms with Gasteiger partial charge in [0.05, 0.1) is 5.41 Å². The van der Waals surface area contributed by atoms with E-state index in [0.29, 0.717) is 12.0 Å². The van der Waals surface area contributed by atoms with Gasteiger partial charge in [0.25, 0.3) is 0 Å². The van der Waals surface area contributed by atoms with Gasteiger partial charge in [0, 0.05) is 19.1 Å². The molecule has 0 bridgehead atoms. The van der Waals surface area contributed by atoms with Gasteiger partial charge >= 0.3 is 0 Å². The van der Waals surface area contributed by atoms with Crippen molar-refractivity contribution in [2.24, 2.45) is 11.3 Å². The topological polar surface area (TPSA) is 35.6 Å². The zero-order valence-corrected chi connectivity index (χ0v) is 14.2. The molecule has 1 rings (SSSR count). The van der Waals surface area contributed by atoms with E-state index in [-0.39, 0.29) is 11.3 Å². The highest BCUT2D eigenvalue weighted by Gasteiger charge is 2.41. The Kier molecular flexibility index (Phi) is 6.46. The van der Waals surface area contributed by atoms with Crippen LogP contribution in [0.4, 0.5) is 0 Å². The van der Waals surface area contributed by atoms with Gasteiger partial charge in [-0.3, -0.25) is 4.79 Å². The molecule has 1 saturated heterocycles. The van der Waals surface area contributed by atoms with Crippen molar-refractivity contribution >= 4 is 5.91 Å². The van der Waals surface area contributed by atoms with E-state index in [9.17, 15) is 4.79 Å². The molecule has 4 nitrogen and oxygen atoms in total. The first kappa shape index (κ1) is 17.4. The minimum atomic E-state index is -0.205. The smallest absolute Gasteiger partial charge is 0.227 e. The summed E-state index contributed by atoms with van der Waals surface area (Å²) in [6.07, 6.45) is 1.93. The molecular weight excluding hydrogens is 250 g/mol. The predicted molar refractivity (Wildman–Crippen MR) is 84.8 cm³/mol. The molecule has 1 fully saturated rings. The summed E-state index contributed by atoms with van der Waals surface area (Å²) in [5.74, 6) is 0.759. The third kappa shape index (κ3) is 4.74. The van der Waals surface area contributed by atoms with Crippen LogP contribution in [0.5, 0.6) is 0 Å². The second kappa shape index (κ2) is 7.41. The molecule has 20 heavy (non-hydrogen) atoms. The average molecular weight is 283 g/mol. The van der Waals surface area contributed by atoms with E-state index in [2.05, 4.69) is 56.9 Å². The van der Waals surface area contributed by atoms with Crippen molar-refractivity contribution in [3.8, 4) is 0 Å². The molecule has 1 heterocycles. The summed E-state index contributed by atoms with van der Waals surface area (Å²) in [4.78, 5) is 17.3. The van der Waals surface area contributed by atoms with Gasteiger partial charge in [0.1, 0.15) is 0 Å². The van der Waals surface area contributed by atoms with Crippen LogP contribution in [0, 0.1) is 11.3 Å². The molecule has 1 amide bonds. The summed E-state index contributed by atoms with van der Waals surface area (Å²) in [6, 6.07) is 0.575. The van der Waals surface area contributed by atoms with Crippen molar-refractivity contribution in [2.45, 2.75) is 46.6 Å². The maximum absolute atomic E-state index is 12.7. The molecule has 1 N–H and O–H groups in total. The quantitative estimate of drug-likeness (QED) is 0.807. The van der Waals surface area contributed by atoms with E-state index in [0.717, 1.165) is 39.0 Å². The van der Waals surface area contributed by atoms with Gasteiger partial charge in [-0.1, -0.05) is 13.8 Å². The van der Waals surface area contributed by atoms with Crippen molar-refractivity contribution in [3.05, 3.63) is 0 Å². The number of piperidine rings is 1. The number of nitrogens with zero attached hydrogens (tertiary/aromatic N) is 2. The molecule has 0 saturated carbocycles. The van der Waals surface area contributed by atoms with Crippen LogP contribution in [-0.4, -0.2) is 62.0 Å². The van der Waals surface area contributed by atoms with Gasteiger partial charge in [-0.2, -0.15) is 0 Å². The number of likely N-dealkylation sites (tertiary alicyclic amines) is 1. The first-order chi connectivity index (χ1) is 9.27. The lowest BCUT2D eigenvalue weighted by Crippen LogP contribution is -2.54. The van der Waals surface area contributed by atoms with Crippen LogP contribution >= 0.6 is 0 Å². The van der Waals surface area contributed by atoms with E-state index in [1.54, 1.807) is 0 Å². The minimum Gasteiger partial charge on any atom is -0.355 e. The third-order valence-corrected chi connectivity index (χ3v) is 4.26. The van der Waals surface area contributed by atoms with Crippen molar-refractivity contribution < 1.29 is 4.79 Å². The molecule has 0 radical (unpaired) electrons. The molecule has 0 unspecified atom stereocenters. The average Bonchev–Trinajstić information content (AvgIpc) is 2.35. The monoisotopic (exact) mass is 283 g/mol. The summed E-state index contributed by atoms with van der Waals surface area (Å²) in [5.41, 5.74) is -0.205. The highest BCUT2D eigenvalue weighted by molar-refractivity contribution is 5.83. The first-order valence-electron chi connectivity index (χ1n) is 7.94.